The fourth-order valence-electron chi connectivity index (χ4n) is 1.95. The van der Waals surface area contributed by atoms with Crippen LogP contribution in [0.2, 0.25) is 0 Å². The topological polar surface area (TPSA) is 145 Å². The first-order chi connectivity index (χ1) is 10.8. The molecule has 0 aliphatic carbocycles. The number of hydrogen-bond acceptors (Lipinski definition) is 6. The molecule has 0 unspecified atom stereocenters. The number of thiophene rings is 1. The Balaban J connectivity index is 2.41. The Morgan fingerprint density at radius 2 is 1.96 bits per heavy atom. The molecule has 0 radical (unpaired) electrons. The van der Waals surface area contributed by atoms with E-state index < -0.39 is 29.2 Å². The summed E-state index contributed by atoms with van der Waals surface area (Å²) in [5, 5.41) is 19.4. The summed E-state index contributed by atoms with van der Waals surface area (Å²) >= 11 is 0.986. The molecule has 0 saturated carbocycles. The highest BCUT2D eigenvalue weighted by molar-refractivity contribution is 7.12. The zero-order valence-corrected chi connectivity index (χ0v) is 12.5. The minimum atomic E-state index is -1.30. The largest absolute Gasteiger partial charge is 0.480 e. The van der Waals surface area contributed by atoms with Gasteiger partial charge in [0.2, 0.25) is 0 Å². The van der Waals surface area contributed by atoms with Crippen LogP contribution in [-0.2, 0) is 17.9 Å². The van der Waals surface area contributed by atoms with Crippen LogP contribution < -0.4 is 17.0 Å². The summed E-state index contributed by atoms with van der Waals surface area (Å²) in [6, 6.07) is 1.32. The average Bonchev–Trinajstić information content (AvgIpc) is 2.94. The van der Waals surface area contributed by atoms with E-state index in [0.29, 0.717) is 5.56 Å². The molecule has 2 rings (SSSR count). The molecule has 122 valence electrons. The quantitative estimate of drug-likeness (QED) is 0.626. The number of carboxylic acids is 2. The third kappa shape index (κ3) is 3.55. The van der Waals surface area contributed by atoms with Gasteiger partial charge in [-0.3, -0.25) is 18.7 Å². The van der Waals surface area contributed by atoms with Crippen LogP contribution in [0.3, 0.4) is 0 Å². The molecule has 0 spiro atoms. The molecule has 2 aromatic heterocycles. The number of rotatable bonds is 6. The third-order valence-electron chi connectivity index (χ3n) is 3.12. The smallest absolute Gasteiger partial charge is 0.346 e. The van der Waals surface area contributed by atoms with Crippen LogP contribution in [-0.4, -0.2) is 37.3 Å². The summed E-state index contributed by atoms with van der Waals surface area (Å²) in [5.74, 6) is -2.42. The number of aromatic nitrogens is 2. The minimum absolute atomic E-state index is 0.0361. The molecule has 0 saturated heterocycles. The molecular formula is C13H13N3O6S. The van der Waals surface area contributed by atoms with Crippen LogP contribution in [0.25, 0.3) is 0 Å². The van der Waals surface area contributed by atoms with E-state index in [2.05, 4.69) is 0 Å². The Morgan fingerprint density at radius 3 is 2.57 bits per heavy atom. The van der Waals surface area contributed by atoms with Gasteiger partial charge < -0.3 is 15.9 Å². The normalized spacial score (nSPS) is 12.0. The van der Waals surface area contributed by atoms with Gasteiger partial charge in [0.15, 0.2) is 0 Å². The van der Waals surface area contributed by atoms with Gasteiger partial charge in [0.05, 0.1) is 13.1 Å². The first-order valence-electron chi connectivity index (χ1n) is 6.39. The van der Waals surface area contributed by atoms with Crippen LogP contribution in [0, 0.1) is 0 Å². The van der Waals surface area contributed by atoms with E-state index in [1.165, 1.54) is 6.07 Å². The molecular weight excluding hydrogens is 326 g/mol. The van der Waals surface area contributed by atoms with Crippen LogP contribution in [0.1, 0.15) is 15.2 Å². The number of aromatic carboxylic acids is 1. The maximum Gasteiger partial charge on any atom is 0.346 e. The van der Waals surface area contributed by atoms with Crippen molar-refractivity contribution in [3.63, 3.8) is 0 Å². The fourth-order valence-corrected chi connectivity index (χ4v) is 2.70. The molecule has 1 atom stereocenters. The van der Waals surface area contributed by atoms with Gasteiger partial charge >= 0.3 is 17.6 Å². The van der Waals surface area contributed by atoms with Gasteiger partial charge in [0, 0.05) is 12.3 Å². The lowest BCUT2D eigenvalue weighted by atomic mass is 10.2. The highest BCUT2D eigenvalue weighted by Crippen LogP contribution is 2.16. The van der Waals surface area contributed by atoms with Gasteiger partial charge in [-0.15, -0.1) is 11.3 Å². The Labute approximate surface area is 132 Å². The van der Waals surface area contributed by atoms with Crippen molar-refractivity contribution in [3.05, 3.63) is 55.0 Å². The van der Waals surface area contributed by atoms with Gasteiger partial charge in [-0.25, -0.2) is 9.59 Å². The van der Waals surface area contributed by atoms with Crippen LogP contribution in [0.15, 0.2) is 33.3 Å². The number of aliphatic carboxylic acids is 1. The summed E-state index contributed by atoms with van der Waals surface area (Å²) in [4.78, 5) is 46.1. The van der Waals surface area contributed by atoms with Crippen molar-refractivity contribution in [1.29, 1.82) is 0 Å². The first kappa shape index (κ1) is 16.6. The van der Waals surface area contributed by atoms with Crippen molar-refractivity contribution in [2.24, 2.45) is 5.73 Å². The molecule has 0 amide bonds. The minimum Gasteiger partial charge on any atom is -0.480 e. The van der Waals surface area contributed by atoms with E-state index >= 15 is 0 Å². The highest BCUT2D eigenvalue weighted by atomic mass is 32.1. The second-order valence-electron chi connectivity index (χ2n) is 4.70. The van der Waals surface area contributed by atoms with E-state index in [-0.39, 0.29) is 18.0 Å². The molecule has 0 bridgehead atoms. The Kier molecular flexibility index (Phi) is 4.77. The predicted molar refractivity (Wildman–Crippen MR) is 81.0 cm³/mol. The highest BCUT2D eigenvalue weighted by Gasteiger charge is 2.17. The van der Waals surface area contributed by atoms with Crippen molar-refractivity contribution < 1.29 is 19.8 Å². The maximum absolute atomic E-state index is 12.3. The summed E-state index contributed by atoms with van der Waals surface area (Å²) in [6.45, 7) is -0.518. The zero-order valence-electron chi connectivity index (χ0n) is 11.7. The molecule has 2 aromatic rings. The maximum atomic E-state index is 12.3. The molecule has 0 aliphatic heterocycles. The van der Waals surface area contributed by atoms with Crippen molar-refractivity contribution in [2.75, 3.05) is 0 Å². The van der Waals surface area contributed by atoms with E-state index in [1.54, 1.807) is 5.38 Å². The van der Waals surface area contributed by atoms with Crippen molar-refractivity contribution >= 4 is 23.3 Å². The Morgan fingerprint density at radius 1 is 1.26 bits per heavy atom. The van der Waals surface area contributed by atoms with E-state index in [4.69, 9.17) is 15.9 Å². The third-order valence-corrected chi connectivity index (χ3v) is 4.06. The van der Waals surface area contributed by atoms with Gasteiger partial charge in [0.25, 0.3) is 5.56 Å². The molecule has 0 aliphatic rings. The number of carboxylic acid groups (broad SMARTS) is 2. The summed E-state index contributed by atoms with van der Waals surface area (Å²) < 4.78 is 1.84. The molecule has 10 heteroatoms. The lowest BCUT2D eigenvalue weighted by Gasteiger charge is -2.12. The van der Waals surface area contributed by atoms with Gasteiger partial charge in [-0.1, -0.05) is 0 Å². The molecule has 23 heavy (non-hydrogen) atoms. The van der Waals surface area contributed by atoms with Crippen molar-refractivity contribution in [2.45, 2.75) is 19.1 Å². The second-order valence-corrected chi connectivity index (χ2v) is 5.62. The van der Waals surface area contributed by atoms with E-state index in [0.717, 1.165) is 32.7 Å². The Bertz CT molecular complexity index is 865. The zero-order chi connectivity index (χ0) is 17.1. The van der Waals surface area contributed by atoms with Crippen LogP contribution in [0.5, 0.6) is 0 Å². The fraction of sp³-hybridized carbons (Fsp3) is 0.231. The monoisotopic (exact) mass is 339 g/mol. The summed E-state index contributed by atoms with van der Waals surface area (Å²) in [6.07, 6.45) is 1.16. The first-order valence-corrected chi connectivity index (χ1v) is 7.27. The molecule has 9 nitrogen and oxygen atoms in total. The molecule has 4 N–H and O–H groups in total. The van der Waals surface area contributed by atoms with E-state index in [1.807, 2.05) is 0 Å². The number of nitrogens with two attached hydrogens (primary N) is 1. The number of nitrogens with zero attached hydrogens (tertiary/aromatic N) is 2. The predicted octanol–water partition coefficient (Wildman–Crippen LogP) is -0.770. The molecule has 0 aromatic carbocycles. The van der Waals surface area contributed by atoms with Gasteiger partial charge in [-0.05, 0) is 17.0 Å². The molecule has 2 heterocycles. The van der Waals surface area contributed by atoms with Crippen molar-refractivity contribution in [1.82, 2.24) is 9.13 Å². The number of carbonyl (C=O) groups is 2. The van der Waals surface area contributed by atoms with Gasteiger partial charge in [0.1, 0.15) is 10.9 Å². The molecule has 0 fully saturated rings. The second kappa shape index (κ2) is 6.58. The lowest BCUT2D eigenvalue weighted by Crippen LogP contribution is -2.44. The standard InChI is InChI=1S/C13H13N3O6S/c14-8(11(18)19)6-15-3-1-9(17)16(13(15)22)5-7-2-4-23-10(7)12(20)21/h1-4,8H,5-6,14H2,(H,18,19)(H,20,21)/t8-/m1/s1. The Hall–Kier alpha value is -2.72. The number of hydrogen-bond donors (Lipinski definition) is 3. The van der Waals surface area contributed by atoms with E-state index in [9.17, 15) is 19.2 Å². The van der Waals surface area contributed by atoms with Crippen molar-refractivity contribution in [3.8, 4) is 0 Å². The summed E-state index contributed by atoms with van der Waals surface area (Å²) in [5.41, 5.74) is 4.34. The van der Waals surface area contributed by atoms with Crippen LogP contribution in [0.4, 0.5) is 0 Å². The van der Waals surface area contributed by atoms with Gasteiger partial charge in [-0.2, -0.15) is 0 Å². The van der Waals surface area contributed by atoms with Crippen LogP contribution >= 0.6 is 11.3 Å². The lowest BCUT2D eigenvalue weighted by molar-refractivity contribution is -0.138. The average molecular weight is 339 g/mol. The summed E-state index contributed by atoms with van der Waals surface area (Å²) in [7, 11) is 0. The SMILES string of the molecule is N[C@H](Cn1ccc(=O)n(Cc2ccsc2C(=O)O)c1=O)C(=O)O.